The van der Waals surface area contributed by atoms with Crippen molar-refractivity contribution >= 4 is 11.8 Å². The Morgan fingerprint density at radius 3 is 2.78 bits per heavy atom. The minimum absolute atomic E-state index is 0.329. The van der Waals surface area contributed by atoms with Crippen molar-refractivity contribution in [3.63, 3.8) is 0 Å². The highest BCUT2D eigenvalue weighted by atomic mass is 32.2. The number of ether oxygens (including phenoxy) is 2. The quantitative estimate of drug-likeness (QED) is 0.860. The van der Waals surface area contributed by atoms with Gasteiger partial charge in [-0.2, -0.15) is 11.8 Å². The van der Waals surface area contributed by atoms with E-state index in [1.165, 1.54) is 5.56 Å². The molecular formula is C14H21NO2S. The molecule has 1 heterocycles. The molecule has 1 atom stereocenters. The number of para-hydroxylation sites is 1. The SMILES string of the molecule is COc1cccc(C(C)CCN)c1OC1CSC1. The maximum atomic E-state index is 6.08. The van der Waals surface area contributed by atoms with E-state index >= 15 is 0 Å². The molecule has 2 N–H and O–H groups in total. The van der Waals surface area contributed by atoms with Crippen LogP contribution in [0.5, 0.6) is 11.5 Å². The fourth-order valence-corrected chi connectivity index (χ4v) is 2.63. The van der Waals surface area contributed by atoms with Crippen LogP contribution in [0, 0.1) is 0 Å². The lowest BCUT2D eigenvalue weighted by Gasteiger charge is -2.29. The van der Waals surface area contributed by atoms with Crippen molar-refractivity contribution in [3.05, 3.63) is 23.8 Å². The molecule has 1 aromatic carbocycles. The lowest BCUT2D eigenvalue weighted by molar-refractivity contribution is 0.224. The van der Waals surface area contributed by atoms with E-state index in [2.05, 4.69) is 13.0 Å². The second-order valence-electron chi connectivity index (χ2n) is 4.63. The zero-order valence-corrected chi connectivity index (χ0v) is 11.8. The number of thioether (sulfide) groups is 1. The van der Waals surface area contributed by atoms with Crippen LogP contribution in [0.4, 0.5) is 0 Å². The van der Waals surface area contributed by atoms with Crippen molar-refractivity contribution in [1.82, 2.24) is 0 Å². The van der Waals surface area contributed by atoms with Gasteiger partial charge < -0.3 is 15.2 Å². The maximum absolute atomic E-state index is 6.08. The molecule has 100 valence electrons. The van der Waals surface area contributed by atoms with E-state index in [4.69, 9.17) is 15.2 Å². The van der Waals surface area contributed by atoms with Gasteiger partial charge in [0.2, 0.25) is 0 Å². The molecule has 18 heavy (non-hydrogen) atoms. The summed E-state index contributed by atoms with van der Waals surface area (Å²) in [7, 11) is 1.69. The van der Waals surface area contributed by atoms with Crippen LogP contribution in [0.3, 0.4) is 0 Å². The van der Waals surface area contributed by atoms with Gasteiger partial charge in [-0.05, 0) is 24.9 Å². The lowest BCUT2D eigenvalue weighted by Crippen LogP contribution is -2.31. The van der Waals surface area contributed by atoms with Crippen molar-refractivity contribution in [2.75, 3.05) is 25.2 Å². The molecule has 0 radical (unpaired) electrons. The van der Waals surface area contributed by atoms with Gasteiger partial charge in [-0.3, -0.25) is 0 Å². The molecule has 1 aliphatic rings. The second-order valence-corrected chi connectivity index (χ2v) is 5.71. The van der Waals surface area contributed by atoms with E-state index in [0.29, 0.717) is 18.6 Å². The third kappa shape index (κ3) is 2.93. The number of methoxy groups -OCH3 is 1. The van der Waals surface area contributed by atoms with Crippen LogP contribution in [-0.4, -0.2) is 31.3 Å². The Bertz CT molecular complexity index is 393. The van der Waals surface area contributed by atoms with Crippen molar-refractivity contribution in [2.24, 2.45) is 5.73 Å². The van der Waals surface area contributed by atoms with E-state index in [0.717, 1.165) is 29.4 Å². The molecule has 0 spiro atoms. The van der Waals surface area contributed by atoms with E-state index in [1.807, 2.05) is 23.9 Å². The standard InChI is InChI=1S/C14H21NO2S/c1-10(6-7-15)12-4-3-5-13(16-2)14(12)17-11-8-18-9-11/h3-5,10-11H,6-9,15H2,1-2H3. The molecule has 3 nitrogen and oxygen atoms in total. The monoisotopic (exact) mass is 267 g/mol. The molecular weight excluding hydrogens is 246 g/mol. The first kappa shape index (κ1) is 13.6. The Labute approximate surface area is 113 Å². The van der Waals surface area contributed by atoms with Crippen molar-refractivity contribution < 1.29 is 9.47 Å². The fraction of sp³-hybridized carbons (Fsp3) is 0.571. The molecule has 0 saturated carbocycles. The maximum Gasteiger partial charge on any atom is 0.165 e. The zero-order valence-electron chi connectivity index (χ0n) is 11.0. The molecule has 0 amide bonds. The Kier molecular flexibility index (Phi) is 4.78. The summed E-state index contributed by atoms with van der Waals surface area (Å²) in [6, 6.07) is 6.09. The van der Waals surface area contributed by atoms with E-state index in [-0.39, 0.29) is 0 Å². The van der Waals surface area contributed by atoms with Crippen LogP contribution in [0.1, 0.15) is 24.8 Å². The average molecular weight is 267 g/mol. The third-order valence-electron chi connectivity index (χ3n) is 3.25. The molecule has 0 aromatic heterocycles. The predicted octanol–water partition coefficient (Wildman–Crippen LogP) is 2.64. The van der Waals surface area contributed by atoms with Crippen LogP contribution in [0.15, 0.2) is 18.2 Å². The topological polar surface area (TPSA) is 44.5 Å². The largest absolute Gasteiger partial charge is 0.493 e. The second kappa shape index (κ2) is 6.34. The summed E-state index contributed by atoms with van der Waals surface area (Å²) in [6.07, 6.45) is 1.29. The van der Waals surface area contributed by atoms with Gasteiger partial charge in [0.15, 0.2) is 11.5 Å². The van der Waals surface area contributed by atoms with Crippen molar-refractivity contribution in [1.29, 1.82) is 0 Å². The Hall–Kier alpha value is -0.870. The highest BCUT2D eigenvalue weighted by molar-refractivity contribution is 8.00. The minimum atomic E-state index is 0.329. The van der Waals surface area contributed by atoms with Gasteiger partial charge in [-0.1, -0.05) is 19.1 Å². The van der Waals surface area contributed by atoms with Gasteiger partial charge in [-0.15, -0.1) is 0 Å². The molecule has 2 rings (SSSR count). The number of hydrogen-bond donors (Lipinski definition) is 1. The average Bonchev–Trinajstić information content (AvgIpc) is 2.33. The van der Waals surface area contributed by atoms with Crippen molar-refractivity contribution in [2.45, 2.75) is 25.4 Å². The summed E-state index contributed by atoms with van der Waals surface area (Å²) in [5.41, 5.74) is 6.86. The lowest BCUT2D eigenvalue weighted by atomic mass is 9.96. The molecule has 4 heteroatoms. The first-order chi connectivity index (χ1) is 8.76. The van der Waals surface area contributed by atoms with Gasteiger partial charge in [0.25, 0.3) is 0 Å². The van der Waals surface area contributed by atoms with E-state index in [1.54, 1.807) is 7.11 Å². The van der Waals surface area contributed by atoms with Crippen LogP contribution in [0.25, 0.3) is 0 Å². The Morgan fingerprint density at radius 1 is 1.44 bits per heavy atom. The zero-order chi connectivity index (χ0) is 13.0. The summed E-state index contributed by atoms with van der Waals surface area (Å²) in [6.45, 7) is 2.88. The molecule has 1 aliphatic heterocycles. The van der Waals surface area contributed by atoms with Gasteiger partial charge in [0.1, 0.15) is 6.10 Å². The third-order valence-corrected chi connectivity index (χ3v) is 4.47. The highest BCUT2D eigenvalue weighted by Gasteiger charge is 2.24. The summed E-state index contributed by atoms with van der Waals surface area (Å²) in [4.78, 5) is 0. The first-order valence-corrected chi connectivity index (χ1v) is 7.53. The molecule has 1 aromatic rings. The molecule has 1 unspecified atom stereocenters. The van der Waals surface area contributed by atoms with Crippen LogP contribution in [0.2, 0.25) is 0 Å². The van der Waals surface area contributed by atoms with Crippen LogP contribution in [-0.2, 0) is 0 Å². The minimum Gasteiger partial charge on any atom is -0.493 e. The number of benzene rings is 1. The summed E-state index contributed by atoms with van der Waals surface area (Å²) < 4.78 is 11.5. The Morgan fingerprint density at radius 2 is 2.22 bits per heavy atom. The number of nitrogens with two attached hydrogens (primary N) is 1. The summed E-state index contributed by atoms with van der Waals surface area (Å²) >= 11 is 1.92. The number of hydrogen-bond acceptors (Lipinski definition) is 4. The van der Waals surface area contributed by atoms with Crippen molar-refractivity contribution in [3.8, 4) is 11.5 Å². The summed E-state index contributed by atoms with van der Waals surface area (Å²) in [5, 5.41) is 0. The first-order valence-electron chi connectivity index (χ1n) is 6.37. The highest BCUT2D eigenvalue weighted by Crippen LogP contribution is 2.38. The smallest absolute Gasteiger partial charge is 0.165 e. The van der Waals surface area contributed by atoms with Gasteiger partial charge in [0, 0.05) is 17.1 Å². The molecule has 1 fully saturated rings. The predicted molar refractivity (Wildman–Crippen MR) is 76.8 cm³/mol. The number of rotatable bonds is 6. The van der Waals surface area contributed by atoms with Gasteiger partial charge >= 0.3 is 0 Å². The van der Waals surface area contributed by atoms with E-state index < -0.39 is 0 Å². The van der Waals surface area contributed by atoms with Gasteiger partial charge in [0.05, 0.1) is 7.11 Å². The van der Waals surface area contributed by atoms with E-state index in [9.17, 15) is 0 Å². The molecule has 0 bridgehead atoms. The molecule has 0 aliphatic carbocycles. The fourth-order valence-electron chi connectivity index (χ4n) is 2.06. The Balaban J connectivity index is 2.24. The van der Waals surface area contributed by atoms with Crippen LogP contribution < -0.4 is 15.2 Å². The van der Waals surface area contributed by atoms with Gasteiger partial charge in [-0.25, -0.2) is 0 Å². The normalized spacial score (nSPS) is 17.1. The molecule has 1 saturated heterocycles. The summed E-state index contributed by atoms with van der Waals surface area (Å²) in [5.74, 6) is 4.28. The van der Waals surface area contributed by atoms with Crippen LogP contribution >= 0.6 is 11.8 Å².